The maximum atomic E-state index is 11.8. The van der Waals surface area contributed by atoms with E-state index in [9.17, 15) is 9.59 Å². The number of carbonyl (C=O) groups excluding carboxylic acids is 1. The third-order valence-corrected chi connectivity index (χ3v) is 4.39. The number of carboxylic acid groups (broad SMARTS) is 1. The van der Waals surface area contributed by atoms with E-state index in [2.05, 4.69) is 11.4 Å². The Morgan fingerprint density at radius 2 is 1.95 bits per heavy atom. The highest BCUT2D eigenvalue weighted by Gasteiger charge is 2.20. The number of carboxylic acids is 1. The number of hydrogen-bond donors (Lipinski definition) is 2. The monoisotopic (exact) mass is 295 g/mol. The molecule has 0 spiro atoms. The molecule has 4 nitrogen and oxygen atoms in total. The molecule has 0 saturated heterocycles. The molecule has 1 rings (SSSR count). The molecule has 2 N–H and O–H groups in total. The lowest BCUT2D eigenvalue weighted by molar-refractivity contribution is -0.142. The van der Waals surface area contributed by atoms with E-state index in [1.165, 1.54) is 17.3 Å². The van der Waals surface area contributed by atoms with E-state index in [-0.39, 0.29) is 11.9 Å². The third kappa shape index (κ3) is 4.89. The maximum Gasteiger partial charge on any atom is 0.308 e. The van der Waals surface area contributed by atoms with Gasteiger partial charge in [-0.05, 0) is 39.3 Å². The van der Waals surface area contributed by atoms with Crippen LogP contribution in [0.15, 0.2) is 23.1 Å². The van der Waals surface area contributed by atoms with Crippen LogP contribution in [0, 0.1) is 19.8 Å². The number of benzene rings is 1. The largest absolute Gasteiger partial charge is 0.481 e. The minimum Gasteiger partial charge on any atom is -0.481 e. The molecular weight excluding hydrogens is 274 g/mol. The van der Waals surface area contributed by atoms with Gasteiger partial charge in [0.2, 0.25) is 5.91 Å². The van der Waals surface area contributed by atoms with E-state index < -0.39 is 11.9 Å². The molecule has 0 aliphatic heterocycles. The molecule has 0 aromatic heterocycles. The molecule has 0 heterocycles. The van der Waals surface area contributed by atoms with Gasteiger partial charge in [-0.1, -0.05) is 17.7 Å². The van der Waals surface area contributed by atoms with Crippen molar-refractivity contribution in [1.29, 1.82) is 0 Å². The predicted molar refractivity (Wildman–Crippen MR) is 81.0 cm³/mol. The molecule has 110 valence electrons. The Morgan fingerprint density at radius 3 is 2.50 bits per heavy atom. The van der Waals surface area contributed by atoms with Gasteiger partial charge in [-0.25, -0.2) is 0 Å². The number of hydrogen-bond acceptors (Lipinski definition) is 3. The predicted octanol–water partition coefficient (Wildman–Crippen LogP) is 2.62. The lowest BCUT2D eigenvalue weighted by Crippen LogP contribution is -2.40. The lowest BCUT2D eigenvalue weighted by Gasteiger charge is -2.17. The van der Waals surface area contributed by atoms with Crippen molar-refractivity contribution in [3.05, 3.63) is 29.3 Å². The van der Waals surface area contributed by atoms with E-state index in [4.69, 9.17) is 5.11 Å². The Kier molecular flexibility index (Phi) is 6.07. The Morgan fingerprint density at radius 1 is 1.30 bits per heavy atom. The van der Waals surface area contributed by atoms with Crippen LogP contribution >= 0.6 is 11.8 Å². The summed E-state index contributed by atoms with van der Waals surface area (Å²) in [6.07, 6.45) is 0. The van der Waals surface area contributed by atoms with Crippen molar-refractivity contribution in [3.8, 4) is 0 Å². The van der Waals surface area contributed by atoms with Crippen molar-refractivity contribution in [2.45, 2.75) is 38.6 Å². The zero-order chi connectivity index (χ0) is 15.3. The zero-order valence-electron chi connectivity index (χ0n) is 12.3. The average molecular weight is 295 g/mol. The quantitative estimate of drug-likeness (QED) is 0.792. The van der Waals surface area contributed by atoms with Crippen LogP contribution in [0.4, 0.5) is 0 Å². The molecule has 1 amide bonds. The minimum absolute atomic E-state index is 0.143. The van der Waals surface area contributed by atoms with Crippen LogP contribution in [-0.4, -0.2) is 28.8 Å². The van der Waals surface area contributed by atoms with Gasteiger partial charge < -0.3 is 10.4 Å². The molecule has 0 saturated carbocycles. The van der Waals surface area contributed by atoms with E-state index >= 15 is 0 Å². The molecule has 5 heteroatoms. The van der Waals surface area contributed by atoms with Crippen LogP contribution in [-0.2, 0) is 9.59 Å². The van der Waals surface area contributed by atoms with Gasteiger partial charge in [0.1, 0.15) is 0 Å². The fraction of sp³-hybridized carbons (Fsp3) is 0.467. The second-order valence-corrected chi connectivity index (χ2v) is 6.06. The Balaban J connectivity index is 2.49. The molecule has 1 aromatic carbocycles. The Bertz CT molecular complexity index is 502. The lowest BCUT2D eigenvalue weighted by atomic mass is 10.0. The van der Waals surface area contributed by atoms with E-state index in [1.807, 2.05) is 26.0 Å². The van der Waals surface area contributed by atoms with Gasteiger partial charge in [-0.15, -0.1) is 11.8 Å². The van der Waals surface area contributed by atoms with E-state index in [1.54, 1.807) is 13.8 Å². The van der Waals surface area contributed by atoms with Crippen LogP contribution in [0.1, 0.15) is 25.0 Å². The van der Waals surface area contributed by atoms with Gasteiger partial charge in [0.15, 0.2) is 0 Å². The van der Waals surface area contributed by atoms with Crippen molar-refractivity contribution >= 4 is 23.6 Å². The zero-order valence-corrected chi connectivity index (χ0v) is 13.1. The van der Waals surface area contributed by atoms with Crippen LogP contribution in [0.5, 0.6) is 0 Å². The molecule has 0 radical (unpaired) electrons. The fourth-order valence-electron chi connectivity index (χ4n) is 1.74. The second kappa shape index (κ2) is 7.33. The fourth-order valence-corrected chi connectivity index (χ4v) is 2.56. The summed E-state index contributed by atoms with van der Waals surface area (Å²) < 4.78 is 0. The molecule has 2 unspecified atom stereocenters. The number of amides is 1. The molecule has 20 heavy (non-hydrogen) atoms. The van der Waals surface area contributed by atoms with Crippen LogP contribution in [0.2, 0.25) is 0 Å². The molecule has 0 fully saturated rings. The average Bonchev–Trinajstić information content (AvgIpc) is 2.36. The molecule has 0 bridgehead atoms. The number of nitrogens with one attached hydrogen (secondary N) is 1. The van der Waals surface area contributed by atoms with E-state index in [0.717, 1.165) is 10.5 Å². The summed E-state index contributed by atoms with van der Waals surface area (Å²) in [7, 11) is 0. The van der Waals surface area contributed by atoms with Crippen LogP contribution in [0.25, 0.3) is 0 Å². The summed E-state index contributed by atoms with van der Waals surface area (Å²) in [6.45, 7) is 7.34. The van der Waals surface area contributed by atoms with Crippen molar-refractivity contribution in [2.24, 2.45) is 5.92 Å². The van der Waals surface area contributed by atoms with E-state index in [0.29, 0.717) is 5.75 Å². The highest BCUT2D eigenvalue weighted by atomic mass is 32.2. The van der Waals surface area contributed by atoms with Crippen molar-refractivity contribution < 1.29 is 14.7 Å². The highest BCUT2D eigenvalue weighted by Crippen LogP contribution is 2.22. The summed E-state index contributed by atoms with van der Waals surface area (Å²) >= 11 is 1.47. The number of aryl methyl sites for hydroxylation is 2. The van der Waals surface area contributed by atoms with Crippen molar-refractivity contribution in [3.63, 3.8) is 0 Å². The summed E-state index contributed by atoms with van der Waals surface area (Å²) in [5, 5.41) is 11.6. The summed E-state index contributed by atoms with van der Waals surface area (Å²) in [5.74, 6) is -1.35. The number of aliphatic carboxylic acids is 1. The maximum absolute atomic E-state index is 11.8. The van der Waals surface area contributed by atoms with Gasteiger partial charge in [0.25, 0.3) is 0 Å². The molecule has 0 aliphatic carbocycles. The van der Waals surface area contributed by atoms with Crippen LogP contribution < -0.4 is 5.32 Å². The standard InChI is InChI=1S/C15H21NO3S/c1-9-5-6-13(10(2)7-9)20-8-14(17)16-12(4)11(3)15(18)19/h5-7,11-12H,8H2,1-4H3,(H,16,17)(H,18,19). The second-order valence-electron chi connectivity index (χ2n) is 5.04. The summed E-state index contributed by atoms with van der Waals surface area (Å²) in [5.41, 5.74) is 2.34. The topological polar surface area (TPSA) is 66.4 Å². The highest BCUT2D eigenvalue weighted by molar-refractivity contribution is 8.00. The van der Waals surface area contributed by atoms with Gasteiger partial charge in [-0.2, -0.15) is 0 Å². The molecule has 1 aromatic rings. The van der Waals surface area contributed by atoms with Gasteiger partial charge in [0.05, 0.1) is 11.7 Å². The Labute approximate surface area is 124 Å². The SMILES string of the molecule is Cc1ccc(SCC(=O)NC(C)C(C)C(=O)O)c(C)c1. The number of thioether (sulfide) groups is 1. The first-order valence-corrected chi connectivity index (χ1v) is 7.52. The van der Waals surface area contributed by atoms with Gasteiger partial charge in [-0.3, -0.25) is 9.59 Å². The first-order chi connectivity index (χ1) is 9.31. The van der Waals surface area contributed by atoms with Crippen LogP contribution in [0.3, 0.4) is 0 Å². The normalized spacial score (nSPS) is 13.6. The number of rotatable bonds is 6. The Hall–Kier alpha value is -1.49. The van der Waals surface area contributed by atoms with Crippen molar-refractivity contribution in [2.75, 3.05) is 5.75 Å². The first-order valence-electron chi connectivity index (χ1n) is 6.53. The summed E-state index contributed by atoms with van der Waals surface area (Å²) in [4.78, 5) is 23.7. The first kappa shape index (κ1) is 16.6. The number of carbonyl (C=O) groups is 2. The van der Waals surface area contributed by atoms with Crippen molar-refractivity contribution in [1.82, 2.24) is 5.32 Å². The van der Waals surface area contributed by atoms with Gasteiger partial charge >= 0.3 is 5.97 Å². The smallest absolute Gasteiger partial charge is 0.308 e. The van der Waals surface area contributed by atoms with Gasteiger partial charge in [0, 0.05) is 10.9 Å². The molecular formula is C15H21NO3S. The summed E-state index contributed by atoms with van der Waals surface area (Å²) in [6, 6.07) is 5.73. The molecule has 0 aliphatic rings. The minimum atomic E-state index is -0.903. The third-order valence-electron chi connectivity index (χ3n) is 3.22. The molecule has 2 atom stereocenters.